The predicted molar refractivity (Wildman–Crippen MR) is 93.7 cm³/mol. The third-order valence-corrected chi connectivity index (χ3v) is 5.46. The highest BCUT2D eigenvalue weighted by molar-refractivity contribution is 7.93. The third-order valence-electron chi connectivity index (χ3n) is 3.56. The first-order valence-corrected chi connectivity index (χ1v) is 9.61. The van der Waals surface area contributed by atoms with Crippen LogP contribution in [0.15, 0.2) is 53.7 Å². The van der Waals surface area contributed by atoms with E-state index in [-0.39, 0.29) is 16.7 Å². The van der Waals surface area contributed by atoms with Crippen LogP contribution in [0.3, 0.4) is 0 Å². The molecule has 2 heterocycles. The molecular weight excluding hydrogens is 379 g/mol. The molecule has 8 nitrogen and oxygen atoms in total. The third kappa shape index (κ3) is 3.26. The molecule has 26 heavy (non-hydrogen) atoms. The molecule has 0 radical (unpaired) electrons. The van der Waals surface area contributed by atoms with E-state index in [1.54, 1.807) is 24.3 Å². The molecule has 2 aromatic carbocycles. The van der Waals surface area contributed by atoms with Crippen LogP contribution < -0.4 is 4.72 Å². The Morgan fingerprint density at radius 2 is 1.92 bits per heavy atom. The van der Waals surface area contributed by atoms with E-state index in [9.17, 15) is 12.8 Å². The zero-order valence-corrected chi connectivity index (χ0v) is 14.7. The highest BCUT2D eigenvalue weighted by atomic mass is 32.2. The van der Waals surface area contributed by atoms with Crippen molar-refractivity contribution < 1.29 is 12.8 Å². The monoisotopic (exact) mass is 390 g/mol. The lowest BCUT2D eigenvalue weighted by Crippen LogP contribution is -2.15. The summed E-state index contributed by atoms with van der Waals surface area (Å²) in [5.41, 5.74) is 1.62. The number of nitrogens with zero attached hydrogens (tertiary/aromatic N) is 5. The Hall–Kier alpha value is -2.92. The molecule has 0 bridgehead atoms. The van der Waals surface area contributed by atoms with Crippen LogP contribution in [0.4, 0.5) is 10.3 Å². The van der Waals surface area contributed by atoms with Gasteiger partial charge < -0.3 is 0 Å². The van der Waals surface area contributed by atoms with Crippen LogP contribution in [-0.4, -0.2) is 31.9 Å². The summed E-state index contributed by atoms with van der Waals surface area (Å²) in [5.74, 6) is -0.390. The van der Waals surface area contributed by atoms with Crippen LogP contribution in [0.5, 0.6) is 0 Å². The number of hydrogen-bond acceptors (Lipinski definition) is 7. The molecule has 0 amide bonds. The van der Waals surface area contributed by atoms with Crippen molar-refractivity contribution in [3.8, 4) is 0 Å². The summed E-state index contributed by atoms with van der Waals surface area (Å²) in [6.07, 6.45) is 1.40. The maximum absolute atomic E-state index is 12.9. The summed E-state index contributed by atoms with van der Waals surface area (Å²) in [6.45, 7) is 0.334. The van der Waals surface area contributed by atoms with Gasteiger partial charge in [0.1, 0.15) is 28.1 Å². The fourth-order valence-electron chi connectivity index (χ4n) is 2.37. The topological polar surface area (TPSA) is 103 Å². The molecule has 0 atom stereocenters. The Bertz CT molecular complexity index is 1170. The van der Waals surface area contributed by atoms with Gasteiger partial charge in [-0.25, -0.2) is 22.2 Å². The number of halogens is 1. The molecule has 0 aliphatic rings. The number of anilines is 1. The summed E-state index contributed by atoms with van der Waals surface area (Å²) in [7, 11) is -3.91. The number of rotatable bonds is 5. The molecule has 0 spiro atoms. The lowest BCUT2D eigenvalue weighted by atomic mass is 10.2. The zero-order chi connectivity index (χ0) is 18.1. The number of hydrogen-bond donors (Lipinski definition) is 1. The van der Waals surface area contributed by atoms with Crippen LogP contribution in [0.1, 0.15) is 5.56 Å². The van der Waals surface area contributed by atoms with E-state index in [0.29, 0.717) is 17.6 Å². The van der Waals surface area contributed by atoms with E-state index in [1.807, 2.05) is 0 Å². The summed E-state index contributed by atoms with van der Waals surface area (Å²) in [6, 6.07) is 10.7. The summed E-state index contributed by atoms with van der Waals surface area (Å²) in [5, 5.41) is 4.09. The molecule has 2 aromatic heterocycles. The van der Waals surface area contributed by atoms with E-state index >= 15 is 0 Å². The molecule has 11 heteroatoms. The average molecular weight is 390 g/mol. The van der Waals surface area contributed by atoms with E-state index in [4.69, 9.17) is 0 Å². The number of fused-ring (bicyclic) bond motifs is 1. The smallest absolute Gasteiger partial charge is 0.246 e. The van der Waals surface area contributed by atoms with Gasteiger partial charge in [0, 0.05) is 0 Å². The number of sulfonamides is 1. The second kappa shape index (κ2) is 6.42. The second-order valence-electron chi connectivity index (χ2n) is 5.39. The molecule has 0 fully saturated rings. The minimum atomic E-state index is -3.91. The Morgan fingerprint density at radius 1 is 1.12 bits per heavy atom. The second-order valence-corrected chi connectivity index (χ2v) is 7.57. The van der Waals surface area contributed by atoms with Gasteiger partial charge in [-0.05, 0) is 29.8 Å². The van der Waals surface area contributed by atoms with E-state index in [2.05, 4.69) is 23.6 Å². The van der Waals surface area contributed by atoms with E-state index < -0.39 is 10.0 Å². The fourth-order valence-corrected chi connectivity index (χ4v) is 4.08. The first-order chi connectivity index (χ1) is 12.5. The molecule has 1 N–H and O–H groups in total. The van der Waals surface area contributed by atoms with Crippen molar-refractivity contribution in [2.45, 2.75) is 11.4 Å². The summed E-state index contributed by atoms with van der Waals surface area (Å²) < 4.78 is 50.0. The van der Waals surface area contributed by atoms with Gasteiger partial charge >= 0.3 is 0 Å². The Kier molecular flexibility index (Phi) is 4.09. The molecule has 0 aliphatic heterocycles. The molecule has 4 aromatic rings. The van der Waals surface area contributed by atoms with E-state index in [1.165, 1.54) is 29.2 Å². The standard InChI is InChI=1S/C15H11FN6O2S2/c16-11-6-4-10(5-7-11)8-22-9-17-15(18-22)21-26(23,24)13-3-1-2-12-14(13)20-25-19-12/h1-7,9H,8H2,(H,18,21). The fraction of sp³-hybridized carbons (Fsp3) is 0.0667. The summed E-state index contributed by atoms with van der Waals surface area (Å²) >= 11 is 0.942. The van der Waals surface area contributed by atoms with Gasteiger partial charge in [-0.3, -0.25) is 0 Å². The Morgan fingerprint density at radius 3 is 2.73 bits per heavy atom. The lowest BCUT2D eigenvalue weighted by Gasteiger charge is -2.05. The van der Waals surface area contributed by atoms with Crippen molar-refractivity contribution in [3.05, 3.63) is 60.2 Å². The Labute approximate surface area is 151 Å². The largest absolute Gasteiger partial charge is 0.266 e. The highest BCUT2D eigenvalue weighted by Gasteiger charge is 2.21. The molecule has 0 saturated heterocycles. The van der Waals surface area contributed by atoms with Crippen molar-refractivity contribution in [2.24, 2.45) is 0 Å². The molecule has 0 aliphatic carbocycles. The lowest BCUT2D eigenvalue weighted by molar-refractivity contribution is 0.601. The van der Waals surface area contributed by atoms with Crippen molar-refractivity contribution in [1.29, 1.82) is 0 Å². The van der Waals surface area contributed by atoms with Crippen molar-refractivity contribution in [2.75, 3.05) is 4.72 Å². The van der Waals surface area contributed by atoms with Crippen LogP contribution in [0.25, 0.3) is 11.0 Å². The van der Waals surface area contributed by atoms with Gasteiger partial charge in [0.2, 0.25) is 0 Å². The maximum atomic E-state index is 12.9. The van der Waals surface area contributed by atoms with Crippen molar-refractivity contribution in [3.63, 3.8) is 0 Å². The van der Waals surface area contributed by atoms with Gasteiger partial charge in [0.25, 0.3) is 16.0 Å². The number of aromatic nitrogens is 5. The minimum absolute atomic E-state index is 0.0126. The molecule has 0 unspecified atom stereocenters. The normalized spacial score (nSPS) is 11.7. The average Bonchev–Trinajstić information content (AvgIpc) is 3.25. The van der Waals surface area contributed by atoms with Crippen molar-refractivity contribution >= 4 is 38.7 Å². The zero-order valence-electron chi connectivity index (χ0n) is 13.1. The highest BCUT2D eigenvalue weighted by Crippen LogP contribution is 2.22. The van der Waals surface area contributed by atoms with Gasteiger partial charge in [-0.1, -0.05) is 18.2 Å². The quantitative estimate of drug-likeness (QED) is 0.561. The van der Waals surface area contributed by atoms with Crippen LogP contribution >= 0.6 is 11.7 Å². The minimum Gasteiger partial charge on any atom is -0.246 e. The SMILES string of the molecule is O=S(=O)(Nc1ncn(Cc2ccc(F)cc2)n1)c1cccc2nsnc12. The van der Waals surface area contributed by atoms with Crippen LogP contribution in [0.2, 0.25) is 0 Å². The number of nitrogens with one attached hydrogen (secondary N) is 1. The van der Waals surface area contributed by atoms with Crippen LogP contribution in [0, 0.1) is 5.82 Å². The predicted octanol–water partition coefficient (Wildman–Crippen LogP) is 2.27. The summed E-state index contributed by atoms with van der Waals surface area (Å²) in [4.78, 5) is 3.98. The molecule has 132 valence electrons. The molecular formula is C15H11FN6O2S2. The molecule has 0 saturated carbocycles. The first-order valence-electron chi connectivity index (χ1n) is 7.39. The molecule has 4 rings (SSSR count). The maximum Gasteiger partial charge on any atom is 0.266 e. The van der Waals surface area contributed by atoms with Gasteiger partial charge in [0.15, 0.2) is 0 Å². The van der Waals surface area contributed by atoms with Gasteiger partial charge in [-0.15, -0.1) is 5.10 Å². The first kappa shape index (κ1) is 16.5. The van der Waals surface area contributed by atoms with Gasteiger partial charge in [0.05, 0.1) is 18.3 Å². The van der Waals surface area contributed by atoms with Gasteiger partial charge in [-0.2, -0.15) is 13.7 Å². The number of benzene rings is 2. The Balaban J connectivity index is 1.56. The van der Waals surface area contributed by atoms with E-state index in [0.717, 1.165) is 17.3 Å². The van der Waals surface area contributed by atoms with Crippen molar-refractivity contribution in [1.82, 2.24) is 23.5 Å². The van der Waals surface area contributed by atoms with Crippen LogP contribution in [-0.2, 0) is 16.6 Å².